The highest BCUT2D eigenvalue weighted by Gasteiger charge is 2.19. The monoisotopic (exact) mass is 510 g/mol. The Hall–Kier alpha value is -4.92. The number of anilines is 1. The number of hydrogen-bond donors (Lipinski definition) is 0. The second kappa shape index (κ2) is 10.2. The number of esters is 1. The van der Waals surface area contributed by atoms with Gasteiger partial charge in [0.05, 0.1) is 24.2 Å². The van der Waals surface area contributed by atoms with Crippen LogP contribution in [0.4, 0.5) is 5.69 Å². The van der Waals surface area contributed by atoms with Crippen LogP contribution in [0.25, 0.3) is 33.5 Å². The maximum Gasteiger partial charge on any atom is 0.346 e. The lowest BCUT2D eigenvalue weighted by Crippen LogP contribution is -2.25. The number of ether oxygens (including phenoxy) is 2. The minimum atomic E-state index is -0.847. The molecule has 38 heavy (non-hydrogen) atoms. The highest BCUT2D eigenvalue weighted by molar-refractivity contribution is 5.87. The summed E-state index contributed by atoms with van der Waals surface area (Å²) in [5, 5.41) is 5.83. The van der Waals surface area contributed by atoms with Gasteiger partial charge in [0.1, 0.15) is 11.3 Å². The van der Waals surface area contributed by atoms with Gasteiger partial charge in [-0.3, -0.25) is 4.79 Å². The molecular formula is C29H26N4O5. The Morgan fingerprint density at radius 2 is 1.84 bits per heavy atom. The number of carbonyl (C=O) groups excluding carboxylic acids is 1. The van der Waals surface area contributed by atoms with E-state index in [0.29, 0.717) is 33.6 Å². The fourth-order valence-electron chi connectivity index (χ4n) is 4.02. The molecule has 0 aliphatic carbocycles. The highest BCUT2D eigenvalue weighted by Crippen LogP contribution is 2.28. The van der Waals surface area contributed by atoms with Crippen molar-refractivity contribution in [2.24, 2.45) is 5.10 Å². The maximum atomic E-state index is 13.6. The van der Waals surface area contributed by atoms with Crippen molar-refractivity contribution in [3.05, 3.63) is 88.7 Å². The van der Waals surface area contributed by atoms with E-state index in [2.05, 4.69) is 5.10 Å². The Morgan fingerprint density at radius 3 is 2.61 bits per heavy atom. The summed E-state index contributed by atoms with van der Waals surface area (Å²) in [5.41, 5.74) is 2.28. The van der Waals surface area contributed by atoms with E-state index in [-0.39, 0.29) is 11.4 Å². The number of methoxy groups -OCH3 is 1. The smallest absolute Gasteiger partial charge is 0.346 e. The molecule has 0 aliphatic rings. The zero-order valence-electron chi connectivity index (χ0n) is 21.4. The number of para-hydroxylation sites is 2. The first-order valence-corrected chi connectivity index (χ1v) is 12.0. The molecule has 0 spiro atoms. The second-order valence-corrected chi connectivity index (χ2v) is 8.86. The van der Waals surface area contributed by atoms with E-state index < -0.39 is 12.1 Å². The molecule has 0 bridgehead atoms. The first-order chi connectivity index (χ1) is 18.4. The molecule has 0 aliphatic heterocycles. The van der Waals surface area contributed by atoms with E-state index in [0.717, 1.165) is 11.1 Å². The standard InChI is InChI=1S/C29H26N4O5/c1-18(29(35)36-4)37-25-16-21(32(2)3)14-13-20(25)17-30-33-27(26-15-19-9-5-8-12-24(19)38-26)31-23-11-7-6-10-22(23)28(33)34/h5-18H,1-4H3/t18-/m0/s1. The third kappa shape index (κ3) is 4.73. The normalized spacial score (nSPS) is 12.2. The summed E-state index contributed by atoms with van der Waals surface area (Å²) >= 11 is 0. The van der Waals surface area contributed by atoms with Crippen LogP contribution >= 0.6 is 0 Å². The summed E-state index contributed by atoms with van der Waals surface area (Å²) in [5.74, 6) is 0.566. The molecule has 0 N–H and O–H groups in total. The Morgan fingerprint density at radius 1 is 1.08 bits per heavy atom. The highest BCUT2D eigenvalue weighted by atomic mass is 16.6. The average Bonchev–Trinajstić information content (AvgIpc) is 3.36. The molecule has 0 saturated carbocycles. The first-order valence-electron chi connectivity index (χ1n) is 12.0. The zero-order valence-corrected chi connectivity index (χ0v) is 21.4. The molecule has 192 valence electrons. The van der Waals surface area contributed by atoms with Crippen LogP contribution < -0.4 is 15.2 Å². The molecular weight excluding hydrogens is 484 g/mol. The van der Waals surface area contributed by atoms with Crippen molar-refractivity contribution in [1.82, 2.24) is 9.66 Å². The van der Waals surface area contributed by atoms with Gasteiger partial charge in [-0.05, 0) is 43.3 Å². The SMILES string of the molecule is COC(=O)[C@H](C)Oc1cc(N(C)C)ccc1C=Nn1c(-c2cc3ccccc3o2)nc2ccccc2c1=O. The molecule has 0 unspecified atom stereocenters. The van der Waals surface area contributed by atoms with E-state index in [4.69, 9.17) is 18.9 Å². The molecule has 2 aromatic heterocycles. The molecule has 0 amide bonds. The van der Waals surface area contributed by atoms with Crippen LogP contribution in [0.2, 0.25) is 0 Å². The van der Waals surface area contributed by atoms with Crippen LogP contribution in [0.3, 0.4) is 0 Å². The summed E-state index contributed by atoms with van der Waals surface area (Å²) in [6.07, 6.45) is 0.656. The number of furan rings is 1. The Balaban J connectivity index is 1.65. The Bertz CT molecular complexity index is 1700. The summed E-state index contributed by atoms with van der Waals surface area (Å²) in [7, 11) is 5.10. The van der Waals surface area contributed by atoms with Gasteiger partial charge in [0, 0.05) is 36.8 Å². The van der Waals surface area contributed by atoms with Crippen molar-refractivity contribution in [2.75, 3.05) is 26.1 Å². The third-order valence-electron chi connectivity index (χ3n) is 6.06. The maximum absolute atomic E-state index is 13.6. The first kappa shape index (κ1) is 24.8. The molecule has 9 heteroatoms. The van der Waals surface area contributed by atoms with Gasteiger partial charge in [-0.25, -0.2) is 9.78 Å². The minimum Gasteiger partial charge on any atom is -0.478 e. The lowest BCUT2D eigenvalue weighted by molar-refractivity contribution is -0.147. The lowest BCUT2D eigenvalue weighted by Gasteiger charge is -2.18. The average molecular weight is 511 g/mol. The summed E-state index contributed by atoms with van der Waals surface area (Å²) < 4.78 is 18.0. The minimum absolute atomic E-state index is 0.261. The molecule has 1 atom stereocenters. The number of aromatic nitrogens is 2. The van der Waals surface area contributed by atoms with E-state index >= 15 is 0 Å². The van der Waals surface area contributed by atoms with Gasteiger partial charge < -0.3 is 18.8 Å². The van der Waals surface area contributed by atoms with Crippen molar-refractivity contribution in [2.45, 2.75) is 13.0 Å². The van der Waals surface area contributed by atoms with Gasteiger partial charge in [0.15, 0.2) is 11.9 Å². The van der Waals surface area contributed by atoms with Gasteiger partial charge in [-0.2, -0.15) is 9.78 Å². The van der Waals surface area contributed by atoms with Crippen molar-refractivity contribution >= 4 is 39.7 Å². The zero-order chi connectivity index (χ0) is 26.8. The molecule has 0 saturated heterocycles. The van der Waals surface area contributed by atoms with E-state index in [1.807, 2.05) is 61.5 Å². The predicted molar refractivity (Wildman–Crippen MR) is 147 cm³/mol. The molecule has 3 aromatic carbocycles. The van der Waals surface area contributed by atoms with Crippen LogP contribution in [0.1, 0.15) is 12.5 Å². The quantitative estimate of drug-likeness (QED) is 0.231. The van der Waals surface area contributed by atoms with Crippen LogP contribution in [0.5, 0.6) is 5.75 Å². The number of carbonyl (C=O) groups is 1. The molecule has 0 fully saturated rings. The number of benzene rings is 3. The topological polar surface area (TPSA) is 99.2 Å². The van der Waals surface area contributed by atoms with Crippen LogP contribution in [0.15, 0.2) is 87.1 Å². The van der Waals surface area contributed by atoms with E-state index in [9.17, 15) is 9.59 Å². The van der Waals surface area contributed by atoms with Crippen molar-refractivity contribution in [1.29, 1.82) is 0 Å². The molecule has 9 nitrogen and oxygen atoms in total. The number of rotatable bonds is 7. The number of hydrogen-bond acceptors (Lipinski definition) is 8. The van der Waals surface area contributed by atoms with E-state index in [1.54, 1.807) is 37.3 Å². The summed E-state index contributed by atoms with van der Waals surface area (Å²) in [4.78, 5) is 32.2. The largest absolute Gasteiger partial charge is 0.478 e. The predicted octanol–water partition coefficient (Wildman–Crippen LogP) is 4.70. The Kier molecular flexibility index (Phi) is 6.66. The van der Waals surface area contributed by atoms with Gasteiger partial charge in [-0.15, -0.1) is 0 Å². The fourth-order valence-corrected chi connectivity index (χ4v) is 4.02. The lowest BCUT2D eigenvalue weighted by atomic mass is 10.2. The molecule has 0 radical (unpaired) electrons. The molecule has 2 heterocycles. The van der Waals surface area contributed by atoms with Crippen molar-refractivity contribution < 1.29 is 18.7 Å². The van der Waals surface area contributed by atoms with E-state index in [1.165, 1.54) is 18.0 Å². The Labute approximate surface area is 218 Å². The number of nitrogens with zero attached hydrogens (tertiary/aromatic N) is 4. The van der Waals surface area contributed by atoms with Gasteiger partial charge in [-0.1, -0.05) is 30.3 Å². The van der Waals surface area contributed by atoms with Crippen molar-refractivity contribution in [3.8, 4) is 17.3 Å². The molecule has 5 aromatic rings. The van der Waals surface area contributed by atoms with Gasteiger partial charge in [0.25, 0.3) is 5.56 Å². The van der Waals surface area contributed by atoms with Crippen molar-refractivity contribution in [3.63, 3.8) is 0 Å². The number of fused-ring (bicyclic) bond motifs is 2. The van der Waals surface area contributed by atoms with Gasteiger partial charge in [0.2, 0.25) is 5.82 Å². The van der Waals surface area contributed by atoms with Crippen LogP contribution in [-0.2, 0) is 9.53 Å². The third-order valence-corrected chi connectivity index (χ3v) is 6.06. The fraction of sp³-hybridized carbons (Fsp3) is 0.172. The summed E-state index contributed by atoms with van der Waals surface area (Å²) in [6.45, 7) is 1.60. The van der Waals surface area contributed by atoms with Gasteiger partial charge >= 0.3 is 5.97 Å². The molecule has 5 rings (SSSR count). The van der Waals surface area contributed by atoms with Crippen LogP contribution in [-0.4, -0.2) is 49.2 Å². The second-order valence-electron chi connectivity index (χ2n) is 8.86. The van der Waals surface area contributed by atoms with Crippen LogP contribution in [0, 0.1) is 0 Å². The summed E-state index contributed by atoms with van der Waals surface area (Å²) in [6, 6.07) is 22.0.